The summed E-state index contributed by atoms with van der Waals surface area (Å²) < 4.78 is 13.1. The van der Waals surface area contributed by atoms with Gasteiger partial charge in [-0.25, -0.2) is 4.39 Å². The van der Waals surface area contributed by atoms with Crippen molar-refractivity contribution >= 4 is 35.0 Å². The second-order valence-corrected chi connectivity index (χ2v) is 6.97. The maximum absolute atomic E-state index is 13.1. The van der Waals surface area contributed by atoms with E-state index in [1.165, 1.54) is 17.0 Å². The van der Waals surface area contributed by atoms with Gasteiger partial charge in [0.05, 0.1) is 0 Å². The van der Waals surface area contributed by atoms with Crippen LogP contribution in [-0.4, -0.2) is 22.8 Å². The lowest BCUT2D eigenvalue weighted by atomic mass is 10.1. The molecule has 0 bridgehead atoms. The molecule has 0 spiro atoms. The van der Waals surface area contributed by atoms with Gasteiger partial charge in [-0.1, -0.05) is 48.3 Å². The Bertz CT molecular complexity index is 812. The molecule has 0 aromatic heterocycles. The average Bonchev–Trinajstić information content (AvgIpc) is 2.65. The molecular weight excluding hydrogens is 390 g/mol. The van der Waals surface area contributed by atoms with Crippen LogP contribution in [0, 0.1) is 5.82 Å². The lowest BCUT2D eigenvalue weighted by Gasteiger charge is -2.28. The second kappa shape index (κ2) is 9.72. The van der Waals surface area contributed by atoms with Gasteiger partial charge in [-0.2, -0.15) is 0 Å². The number of halogens is 3. The van der Waals surface area contributed by atoms with E-state index in [9.17, 15) is 14.0 Å². The standard InChI is InChI=1S/C20H21Cl2FN2O2/c1-3-19(26)25(12-14-4-8-17(23)9-5-14)13(2)20(27)24-11-15-6-7-16(21)10-18(15)22/h4-10,13H,3,11-12H2,1-2H3,(H,24,27)/t13-/m1/s1. The summed E-state index contributed by atoms with van der Waals surface area (Å²) in [5.41, 5.74) is 1.48. The highest BCUT2D eigenvalue weighted by molar-refractivity contribution is 6.35. The van der Waals surface area contributed by atoms with Crippen LogP contribution in [0.5, 0.6) is 0 Å². The predicted octanol–water partition coefficient (Wildman–Crippen LogP) is 4.58. The Labute approximate surface area is 168 Å². The third-order valence-electron chi connectivity index (χ3n) is 4.20. The zero-order valence-electron chi connectivity index (χ0n) is 15.1. The molecule has 2 amide bonds. The largest absolute Gasteiger partial charge is 0.350 e. The minimum Gasteiger partial charge on any atom is -0.350 e. The first-order valence-corrected chi connectivity index (χ1v) is 9.33. The smallest absolute Gasteiger partial charge is 0.242 e. The fraction of sp³-hybridized carbons (Fsp3) is 0.300. The summed E-state index contributed by atoms with van der Waals surface area (Å²) in [6.45, 7) is 3.85. The summed E-state index contributed by atoms with van der Waals surface area (Å²) in [4.78, 5) is 26.4. The second-order valence-electron chi connectivity index (χ2n) is 6.13. The third-order valence-corrected chi connectivity index (χ3v) is 4.79. The zero-order valence-corrected chi connectivity index (χ0v) is 16.6. The van der Waals surface area contributed by atoms with Crippen LogP contribution in [0.15, 0.2) is 42.5 Å². The molecule has 27 heavy (non-hydrogen) atoms. The van der Waals surface area contributed by atoms with E-state index < -0.39 is 6.04 Å². The lowest BCUT2D eigenvalue weighted by molar-refractivity contribution is -0.140. The molecule has 0 aliphatic rings. The minimum absolute atomic E-state index is 0.161. The van der Waals surface area contributed by atoms with E-state index in [1.54, 1.807) is 44.2 Å². The van der Waals surface area contributed by atoms with E-state index in [1.807, 2.05) is 0 Å². The number of benzene rings is 2. The quantitative estimate of drug-likeness (QED) is 0.726. The maximum Gasteiger partial charge on any atom is 0.242 e. The molecular formula is C20H21Cl2FN2O2. The van der Waals surface area contributed by atoms with Crippen LogP contribution in [0.3, 0.4) is 0 Å². The summed E-state index contributed by atoms with van der Waals surface area (Å²) in [5.74, 6) is -0.811. The summed E-state index contributed by atoms with van der Waals surface area (Å²) in [7, 11) is 0. The normalized spacial score (nSPS) is 11.7. The highest BCUT2D eigenvalue weighted by Crippen LogP contribution is 2.21. The average molecular weight is 411 g/mol. The first-order valence-electron chi connectivity index (χ1n) is 8.57. The van der Waals surface area contributed by atoms with E-state index >= 15 is 0 Å². The molecule has 2 aromatic rings. The molecule has 0 fully saturated rings. The monoisotopic (exact) mass is 410 g/mol. The number of carbonyl (C=O) groups is 2. The first kappa shape index (κ1) is 21.2. The molecule has 7 heteroatoms. The van der Waals surface area contributed by atoms with Crippen LogP contribution in [0.4, 0.5) is 4.39 Å². The SMILES string of the molecule is CCC(=O)N(Cc1ccc(F)cc1)[C@H](C)C(=O)NCc1ccc(Cl)cc1Cl. The van der Waals surface area contributed by atoms with Crippen molar-refractivity contribution in [3.8, 4) is 0 Å². The van der Waals surface area contributed by atoms with Crippen molar-refractivity contribution in [2.45, 2.75) is 39.4 Å². The van der Waals surface area contributed by atoms with E-state index in [-0.39, 0.29) is 37.1 Å². The van der Waals surface area contributed by atoms with E-state index in [0.717, 1.165) is 11.1 Å². The number of nitrogens with zero attached hydrogens (tertiary/aromatic N) is 1. The Morgan fingerprint density at radius 1 is 1.15 bits per heavy atom. The van der Waals surface area contributed by atoms with Crippen molar-refractivity contribution in [1.82, 2.24) is 10.2 Å². The van der Waals surface area contributed by atoms with Gasteiger partial charge < -0.3 is 10.2 Å². The van der Waals surface area contributed by atoms with Crippen LogP contribution in [0.1, 0.15) is 31.4 Å². The molecule has 0 aliphatic carbocycles. The van der Waals surface area contributed by atoms with Gasteiger partial charge in [0.25, 0.3) is 0 Å². The molecule has 0 saturated carbocycles. The number of carbonyl (C=O) groups excluding carboxylic acids is 2. The Kier molecular flexibility index (Phi) is 7.63. The van der Waals surface area contributed by atoms with Crippen LogP contribution in [-0.2, 0) is 22.7 Å². The highest BCUT2D eigenvalue weighted by Gasteiger charge is 2.25. The van der Waals surface area contributed by atoms with Gasteiger partial charge in [-0.3, -0.25) is 9.59 Å². The molecule has 1 N–H and O–H groups in total. The van der Waals surface area contributed by atoms with Crippen molar-refractivity contribution in [2.75, 3.05) is 0 Å². The number of rotatable bonds is 7. The summed E-state index contributed by atoms with van der Waals surface area (Å²) in [6, 6.07) is 10.2. The fourth-order valence-corrected chi connectivity index (χ4v) is 3.04. The Morgan fingerprint density at radius 3 is 2.41 bits per heavy atom. The van der Waals surface area contributed by atoms with Gasteiger partial charge in [0.2, 0.25) is 11.8 Å². The van der Waals surface area contributed by atoms with Gasteiger partial charge in [0.1, 0.15) is 11.9 Å². The van der Waals surface area contributed by atoms with Crippen molar-refractivity contribution in [2.24, 2.45) is 0 Å². The molecule has 2 rings (SSSR count). The summed E-state index contributed by atoms with van der Waals surface area (Å²) in [6.07, 6.45) is 0.266. The van der Waals surface area contributed by atoms with Crippen LogP contribution in [0.2, 0.25) is 10.0 Å². The summed E-state index contributed by atoms with van der Waals surface area (Å²) in [5, 5.41) is 3.77. The van der Waals surface area contributed by atoms with Gasteiger partial charge in [0.15, 0.2) is 0 Å². The van der Waals surface area contributed by atoms with Crippen LogP contribution < -0.4 is 5.32 Å². The van der Waals surface area contributed by atoms with Gasteiger partial charge in [-0.05, 0) is 42.3 Å². The van der Waals surface area contributed by atoms with Crippen LogP contribution >= 0.6 is 23.2 Å². The van der Waals surface area contributed by atoms with E-state index in [0.29, 0.717) is 10.0 Å². The zero-order chi connectivity index (χ0) is 20.0. The molecule has 144 valence electrons. The summed E-state index contributed by atoms with van der Waals surface area (Å²) >= 11 is 12.0. The third kappa shape index (κ3) is 5.94. The van der Waals surface area contributed by atoms with Gasteiger partial charge in [-0.15, -0.1) is 0 Å². The Morgan fingerprint density at radius 2 is 1.81 bits per heavy atom. The topological polar surface area (TPSA) is 49.4 Å². The predicted molar refractivity (Wildman–Crippen MR) is 105 cm³/mol. The molecule has 0 aliphatic heterocycles. The van der Waals surface area contributed by atoms with Crippen LogP contribution in [0.25, 0.3) is 0 Å². The molecule has 0 radical (unpaired) electrons. The van der Waals surface area contributed by atoms with Crippen molar-refractivity contribution in [1.29, 1.82) is 0 Å². The number of nitrogens with one attached hydrogen (secondary N) is 1. The Balaban J connectivity index is 2.06. The molecule has 2 aromatic carbocycles. The first-order chi connectivity index (χ1) is 12.8. The number of amides is 2. The highest BCUT2D eigenvalue weighted by atomic mass is 35.5. The molecule has 1 atom stereocenters. The van der Waals surface area contributed by atoms with Gasteiger partial charge in [0, 0.05) is 29.6 Å². The van der Waals surface area contributed by atoms with E-state index in [4.69, 9.17) is 23.2 Å². The van der Waals surface area contributed by atoms with Gasteiger partial charge >= 0.3 is 0 Å². The molecule has 0 unspecified atom stereocenters. The molecule has 0 saturated heterocycles. The maximum atomic E-state index is 13.1. The molecule has 4 nitrogen and oxygen atoms in total. The number of hydrogen-bond donors (Lipinski definition) is 1. The van der Waals surface area contributed by atoms with Crippen molar-refractivity contribution < 1.29 is 14.0 Å². The number of hydrogen-bond acceptors (Lipinski definition) is 2. The van der Waals surface area contributed by atoms with Crippen molar-refractivity contribution in [3.63, 3.8) is 0 Å². The molecule has 0 heterocycles. The Hall–Kier alpha value is -2.11. The lowest BCUT2D eigenvalue weighted by Crippen LogP contribution is -2.47. The van der Waals surface area contributed by atoms with Crippen molar-refractivity contribution in [3.05, 3.63) is 69.5 Å². The fourth-order valence-electron chi connectivity index (χ4n) is 2.57. The minimum atomic E-state index is -0.687. The van der Waals surface area contributed by atoms with E-state index in [2.05, 4.69) is 5.32 Å².